The van der Waals surface area contributed by atoms with Gasteiger partial charge >= 0.3 is 0 Å². The molecule has 0 aromatic heterocycles. The Balaban J connectivity index is 2.12. The number of hydrogen-bond acceptors (Lipinski definition) is 4. The predicted octanol–water partition coefficient (Wildman–Crippen LogP) is 1.80. The zero-order valence-electron chi connectivity index (χ0n) is 12.0. The van der Waals surface area contributed by atoms with Gasteiger partial charge in [0, 0.05) is 24.7 Å². The summed E-state index contributed by atoms with van der Waals surface area (Å²) >= 11 is 0. The third kappa shape index (κ3) is 3.26. The summed E-state index contributed by atoms with van der Waals surface area (Å²) in [6, 6.07) is 8.27. The van der Waals surface area contributed by atoms with E-state index in [0.29, 0.717) is 6.04 Å². The standard InChI is InChI=1S/C15H24N2O2/c1-11(2)17-8-9-19-14(10-17)15(16)12-6-4-5-7-13(12)18-3/h4-7,11,14-15H,8-10,16H2,1-3H3. The highest BCUT2D eigenvalue weighted by Crippen LogP contribution is 2.28. The lowest BCUT2D eigenvalue weighted by atomic mass is 9.99. The Morgan fingerprint density at radius 2 is 2.11 bits per heavy atom. The van der Waals surface area contributed by atoms with Crippen LogP contribution >= 0.6 is 0 Å². The van der Waals surface area contributed by atoms with Gasteiger partial charge in [-0.2, -0.15) is 0 Å². The van der Waals surface area contributed by atoms with Gasteiger partial charge in [-0.3, -0.25) is 4.90 Å². The third-order valence-corrected chi connectivity index (χ3v) is 3.75. The van der Waals surface area contributed by atoms with Gasteiger partial charge in [-0.1, -0.05) is 18.2 Å². The lowest BCUT2D eigenvalue weighted by Gasteiger charge is -2.38. The topological polar surface area (TPSA) is 47.7 Å². The van der Waals surface area contributed by atoms with Gasteiger partial charge in [0.2, 0.25) is 0 Å². The SMILES string of the molecule is COc1ccccc1C(N)C1CN(C(C)C)CCO1. The molecule has 0 amide bonds. The molecule has 2 rings (SSSR count). The summed E-state index contributed by atoms with van der Waals surface area (Å²) in [4.78, 5) is 2.41. The molecule has 1 aromatic rings. The first-order valence-corrected chi connectivity index (χ1v) is 6.87. The number of nitrogens with zero attached hydrogens (tertiary/aromatic N) is 1. The maximum Gasteiger partial charge on any atom is 0.123 e. The first-order valence-electron chi connectivity index (χ1n) is 6.87. The highest BCUT2D eigenvalue weighted by molar-refractivity contribution is 5.36. The first-order chi connectivity index (χ1) is 9.13. The van der Waals surface area contributed by atoms with Crippen LogP contribution in [0.5, 0.6) is 5.75 Å². The lowest BCUT2D eigenvalue weighted by molar-refractivity contribution is -0.0505. The van der Waals surface area contributed by atoms with E-state index in [1.54, 1.807) is 7.11 Å². The molecule has 19 heavy (non-hydrogen) atoms. The molecule has 2 unspecified atom stereocenters. The van der Waals surface area contributed by atoms with Crippen molar-refractivity contribution in [2.45, 2.75) is 32.0 Å². The molecule has 2 N–H and O–H groups in total. The Hall–Kier alpha value is -1.10. The molecule has 1 aliphatic heterocycles. The normalized spacial score (nSPS) is 22.5. The number of ether oxygens (including phenoxy) is 2. The molecule has 2 atom stereocenters. The highest BCUT2D eigenvalue weighted by atomic mass is 16.5. The van der Waals surface area contributed by atoms with E-state index in [2.05, 4.69) is 18.7 Å². The van der Waals surface area contributed by atoms with Crippen LogP contribution in [-0.4, -0.2) is 43.9 Å². The summed E-state index contributed by atoms with van der Waals surface area (Å²) in [5, 5.41) is 0. The molecule has 0 bridgehead atoms. The van der Waals surface area contributed by atoms with E-state index < -0.39 is 0 Å². The van der Waals surface area contributed by atoms with Crippen LogP contribution in [-0.2, 0) is 4.74 Å². The van der Waals surface area contributed by atoms with E-state index in [1.807, 2.05) is 24.3 Å². The first kappa shape index (κ1) is 14.3. The Labute approximate surface area is 115 Å². The second-order valence-electron chi connectivity index (χ2n) is 5.27. The summed E-state index contributed by atoms with van der Waals surface area (Å²) in [5.74, 6) is 0.834. The molecule has 106 valence electrons. The van der Waals surface area contributed by atoms with E-state index in [4.69, 9.17) is 15.2 Å². The molecular weight excluding hydrogens is 240 g/mol. The number of hydrogen-bond donors (Lipinski definition) is 1. The van der Waals surface area contributed by atoms with Gasteiger partial charge in [-0.05, 0) is 19.9 Å². The molecule has 0 aliphatic carbocycles. The largest absolute Gasteiger partial charge is 0.496 e. The van der Waals surface area contributed by atoms with Gasteiger partial charge in [0.25, 0.3) is 0 Å². The average Bonchev–Trinajstić information content (AvgIpc) is 2.46. The van der Waals surface area contributed by atoms with Crippen molar-refractivity contribution in [3.8, 4) is 5.75 Å². The zero-order chi connectivity index (χ0) is 13.8. The molecule has 1 fully saturated rings. The fourth-order valence-electron chi connectivity index (χ4n) is 2.52. The zero-order valence-corrected chi connectivity index (χ0v) is 12.0. The quantitative estimate of drug-likeness (QED) is 0.901. The predicted molar refractivity (Wildman–Crippen MR) is 76.4 cm³/mol. The molecule has 0 saturated carbocycles. The molecule has 4 heteroatoms. The number of methoxy groups -OCH3 is 1. The van der Waals surface area contributed by atoms with Crippen LogP contribution in [0, 0.1) is 0 Å². The number of nitrogens with two attached hydrogens (primary N) is 1. The molecule has 1 heterocycles. The van der Waals surface area contributed by atoms with E-state index in [9.17, 15) is 0 Å². The second kappa shape index (κ2) is 6.37. The molecule has 1 aromatic carbocycles. The number of morpholine rings is 1. The fourth-order valence-corrected chi connectivity index (χ4v) is 2.52. The van der Waals surface area contributed by atoms with Gasteiger partial charge in [-0.25, -0.2) is 0 Å². The Morgan fingerprint density at radius 3 is 2.79 bits per heavy atom. The van der Waals surface area contributed by atoms with Gasteiger partial charge in [0.15, 0.2) is 0 Å². The van der Waals surface area contributed by atoms with Crippen LogP contribution in [0.25, 0.3) is 0 Å². The summed E-state index contributed by atoms with van der Waals surface area (Å²) in [5.41, 5.74) is 7.39. The summed E-state index contributed by atoms with van der Waals surface area (Å²) in [7, 11) is 1.67. The van der Waals surface area contributed by atoms with E-state index in [1.165, 1.54) is 0 Å². The summed E-state index contributed by atoms with van der Waals surface area (Å²) in [6.07, 6.45) is 0.0208. The second-order valence-corrected chi connectivity index (χ2v) is 5.27. The van der Waals surface area contributed by atoms with Gasteiger partial charge in [0.1, 0.15) is 5.75 Å². The molecule has 0 spiro atoms. The Bertz CT molecular complexity index is 409. The molecule has 1 aliphatic rings. The summed E-state index contributed by atoms with van der Waals surface area (Å²) in [6.45, 7) is 7.00. The maximum absolute atomic E-state index is 6.38. The molecular formula is C15H24N2O2. The van der Waals surface area contributed by atoms with Crippen molar-refractivity contribution in [3.63, 3.8) is 0 Å². The third-order valence-electron chi connectivity index (χ3n) is 3.75. The van der Waals surface area contributed by atoms with Crippen LogP contribution in [0.3, 0.4) is 0 Å². The Kier molecular flexibility index (Phi) is 4.80. The van der Waals surface area contributed by atoms with Gasteiger partial charge < -0.3 is 15.2 Å². The van der Waals surface area contributed by atoms with Crippen LogP contribution in [0.2, 0.25) is 0 Å². The number of para-hydroxylation sites is 1. The summed E-state index contributed by atoms with van der Waals surface area (Å²) < 4.78 is 11.2. The lowest BCUT2D eigenvalue weighted by Crippen LogP contribution is -2.49. The van der Waals surface area contributed by atoms with Crippen molar-refractivity contribution in [3.05, 3.63) is 29.8 Å². The van der Waals surface area contributed by atoms with Gasteiger partial charge in [0.05, 0.1) is 25.9 Å². The van der Waals surface area contributed by atoms with Crippen LogP contribution in [0.15, 0.2) is 24.3 Å². The van der Waals surface area contributed by atoms with Crippen molar-refractivity contribution in [2.24, 2.45) is 5.73 Å². The molecule has 4 nitrogen and oxygen atoms in total. The monoisotopic (exact) mass is 264 g/mol. The minimum atomic E-state index is -0.155. The van der Waals surface area contributed by atoms with Crippen LogP contribution < -0.4 is 10.5 Å². The van der Waals surface area contributed by atoms with E-state index >= 15 is 0 Å². The maximum atomic E-state index is 6.38. The van der Waals surface area contributed by atoms with Crippen molar-refractivity contribution in [2.75, 3.05) is 26.8 Å². The van der Waals surface area contributed by atoms with Crippen molar-refractivity contribution < 1.29 is 9.47 Å². The minimum absolute atomic E-state index is 0.0208. The fraction of sp³-hybridized carbons (Fsp3) is 0.600. The van der Waals surface area contributed by atoms with Crippen molar-refractivity contribution in [1.82, 2.24) is 4.90 Å². The average molecular weight is 264 g/mol. The smallest absolute Gasteiger partial charge is 0.123 e. The van der Waals surface area contributed by atoms with E-state index in [-0.39, 0.29) is 12.1 Å². The van der Waals surface area contributed by atoms with Crippen LogP contribution in [0.1, 0.15) is 25.5 Å². The molecule has 1 saturated heterocycles. The number of benzene rings is 1. The van der Waals surface area contributed by atoms with Crippen molar-refractivity contribution in [1.29, 1.82) is 0 Å². The number of rotatable bonds is 4. The van der Waals surface area contributed by atoms with E-state index in [0.717, 1.165) is 31.0 Å². The van der Waals surface area contributed by atoms with Gasteiger partial charge in [-0.15, -0.1) is 0 Å². The minimum Gasteiger partial charge on any atom is -0.496 e. The molecule has 0 radical (unpaired) electrons. The van der Waals surface area contributed by atoms with Crippen LogP contribution in [0.4, 0.5) is 0 Å². The Morgan fingerprint density at radius 1 is 1.37 bits per heavy atom. The highest BCUT2D eigenvalue weighted by Gasteiger charge is 2.29. The van der Waals surface area contributed by atoms with Crippen molar-refractivity contribution >= 4 is 0 Å².